The van der Waals surface area contributed by atoms with Crippen LogP contribution in [0.15, 0.2) is 0 Å². The van der Waals surface area contributed by atoms with Gasteiger partial charge in [-0.1, -0.05) is 0 Å². The summed E-state index contributed by atoms with van der Waals surface area (Å²) in [4.78, 5) is 0. The van der Waals surface area contributed by atoms with Gasteiger partial charge in [0.15, 0.2) is 0 Å². The van der Waals surface area contributed by atoms with E-state index in [1.54, 1.807) is 0 Å². The molecule has 0 radical (unpaired) electrons. The van der Waals surface area contributed by atoms with E-state index in [1.165, 1.54) is 19.3 Å². The molecule has 4 atom stereocenters. The van der Waals surface area contributed by atoms with Gasteiger partial charge < -0.3 is 10.4 Å². The van der Waals surface area contributed by atoms with Crippen molar-refractivity contribution in [3.8, 4) is 0 Å². The lowest BCUT2D eigenvalue weighted by Gasteiger charge is -2.60. The van der Waals surface area contributed by atoms with E-state index in [-0.39, 0.29) is 5.60 Å². The SMILES string of the molecule is CN[C@@]12C[C@@H]3C[C@@H](C[C@@](O)(C3)C1)C2. The third-order valence-electron chi connectivity index (χ3n) is 4.56. The van der Waals surface area contributed by atoms with E-state index in [2.05, 4.69) is 12.4 Å². The maximum absolute atomic E-state index is 10.4. The highest BCUT2D eigenvalue weighted by atomic mass is 16.3. The minimum Gasteiger partial charge on any atom is -0.390 e. The van der Waals surface area contributed by atoms with Crippen LogP contribution >= 0.6 is 0 Å². The number of nitrogens with one attached hydrogen (secondary N) is 1. The summed E-state index contributed by atoms with van der Waals surface area (Å²) in [6.45, 7) is 0. The Morgan fingerprint density at radius 3 is 2.23 bits per heavy atom. The zero-order valence-corrected chi connectivity index (χ0v) is 8.34. The topological polar surface area (TPSA) is 32.3 Å². The normalized spacial score (nSPS) is 58.6. The van der Waals surface area contributed by atoms with Crippen LogP contribution in [-0.2, 0) is 0 Å². The van der Waals surface area contributed by atoms with Crippen LogP contribution in [0.25, 0.3) is 0 Å². The van der Waals surface area contributed by atoms with Crippen molar-refractivity contribution in [1.29, 1.82) is 0 Å². The van der Waals surface area contributed by atoms with Gasteiger partial charge in [0.1, 0.15) is 0 Å². The Kier molecular flexibility index (Phi) is 1.45. The van der Waals surface area contributed by atoms with Crippen LogP contribution < -0.4 is 5.32 Å². The molecule has 0 heterocycles. The molecule has 0 unspecified atom stereocenters. The molecule has 0 amide bonds. The van der Waals surface area contributed by atoms with Gasteiger partial charge in [0.25, 0.3) is 0 Å². The first kappa shape index (κ1) is 8.25. The van der Waals surface area contributed by atoms with E-state index in [0.29, 0.717) is 5.54 Å². The van der Waals surface area contributed by atoms with Gasteiger partial charge >= 0.3 is 0 Å². The molecule has 0 aromatic heterocycles. The number of aliphatic hydroxyl groups is 1. The van der Waals surface area contributed by atoms with Crippen molar-refractivity contribution >= 4 is 0 Å². The van der Waals surface area contributed by atoms with Crippen molar-refractivity contribution in [3.63, 3.8) is 0 Å². The monoisotopic (exact) mass is 181 g/mol. The molecule has 4 aliphatic carbocycles. The van der Waals surface area contributed by atoms with Crippen molar-refractivity contribution in [1.82, 2.24) is 5.32 Å². The van der Waals surface area contributed by atoms with E-state index in [1.807, 2.05) is 0 Å². The summed E-state index contributed by atoms with van der Waals surface area (Å²) in [6.07, 6.45) is 7.15. The Bertz CT molecular complexity index is 224. The number of rotatable bonds is 1. The molecule has 2 N–H and O–H groups in total. The first-order valence-electron chi connectivity index (χ1n) is 5.54. The highest BCUT2D eigenvalue weighted by Gasteiger charge is 2.56. The van der Waals surface area contributed by atoms with E-state index in [9.17, 15) is 5.11 Å². The standard InChI is InChI=1S/C11H19NO/c1-12-10-3-8-2-9(4-10)6-11(13,5-8)7-10/h8-9,12-13H,2-7H2,1H3/t8-,9+,10+,11-. The van der Waals surface area contributed by atoms with Crippen LogP contribution in [0.4, 0.5) is 0 Å². The Morgan fingerprint density at radius 1 is 1.15 bits per heavy atom. The van der Waals surface area contributed by atoms with Gasteiger partial charge in [-0.3, -0.25) is 0 Å². The Hall–Kier alpha value is -0.0800. The van der Waals surface area contributed by atoms with Gasteiger partial charge in [-0.25, -0.2) is 0 Å². The molecule has 4 rings (SSSR count). The van der Waals surface area contributed by atoms with Gasteiger partial charge in [-0.05, 0) is 57.4 Å². The van der Waals surface area contributed by atoms with Gasteiger partial charge in [0, 0.05) is 5.54 Å². The zero-order valence-electron chi connectivity index (χ0n) is 8.34. The summed E-state index contributed by atoms with van der Waals surface area (Å²) >= 11 is 0. The molecule has 4 aliphatic rings. The summed E-state index contributed by atoms with van der Waals surface area (Å²) in [7, 11) is 2.07. The predicted octanol–water partition coefficient (Wildman–Crippen LogP) is 1.29. The third-order valence-corrected chi connectivity index (χ3v) is 4.56. The van der Waals surface area contributed by atoms with Crippen LogP contribution in [-0.4, -0.2) is 23.3 Å². The summed E-state index contributed by atoms with van der Waals surface area (Å²) in [6, 6.07) is 0. The van der Waals surface area contributed by atoms with Crippen molar-refractivity contribution in [2.75, 3.05) is 7.05 Å². The Morgan fingerprint density at radius 2 is 1.77 bits per heavy atom. The van der Waals surface area contributed by atoms with E-state index >= 15 is 0 Å². The minimum absolute atomic E-state index is 0.299. The molecule has 2 nitrogen and oxygen atoms in total. The van der Waals surface area contributed by atoms with Crippen molar-refractivity contribution in [2.45, 2.75) is 49.7 Å². The lowest BCUT2D eigenvalue weighted by atomic mass is 9.51. The van der Waals surface area contributed by atoms with Crippen LogP contribution in [0.1, 0.15) is 38.5 Å². The highest BCUT2D eigenvalue weighted by Crippen LogP contribution is 2.57. The molecule has 4 bridgehead atoms. The van der Waals surface area contributed by atoms with Gasteiger partial charge in [0.05, 0.1) is 5.60 Å². The van der Waals surface area contributed by atoms with E-state index in [0.717, 1.165) is 31.1 Å². The first-order valence-corrected chi connectivity index (χ1v) is 5.54. The summed E-state index contributed by atoms with van der Waals surface area (Å²) in [5.74, 6) is 1.61. The molecule has 0 aliphatic heterocycles. The lowest BCUT2D eigenvalue weighted by Crippen LogP contribution is -2.63. The summed E-state index contributed by atoms with van der Waals surface area (Å²) < 4.78 is 0. The van der Waals surface area contributed by atoms with E-state index in [4.69, 9.17) is 0 Å². The van der Waals surface area contributed by atoms with E-state index < -0.39 is 0 Å². The molecule has 0 saturated heterocycles. The Balaban J connectivity index is 1.95. The Labute approximate surface area is 79.7 Å². The lowest BCUT2D eigenvalue weighted by molar-refractivity contribution is -0.140. The maximum atomic E-state index is 10.4. The fraction of sp³-hybridized carbons (Fsp3) is 1.00. The average molecular weight is 181 g/mol. The van der Waals surface area contributed by atoms with Crippen LogP contribution in [0.5, 0.6) is 0 Å². The van der Waals surface area contributed by atoms with Crippen molar-refractivity contribution < 1.29 is 5.11 Å². The maximum Gasteiger partial charge on any atom is 0.0670 e. The van der Waals surface area contributed by atoms with Crippen LogP contribution in [0.2, 0.25) is 0 Å². The zero-order chi connectivity index (χ0) is 9.10. The summed E-state index contributed by atoms with van der Waals surface area (Å²) in [5.41, 5.74) is 0.00588. The molecule has 4 saturated carbocycles. The second kappa shape index (κ2) is 2.29. The molecule has 0 aromatic rings. The highest BCUT2D eigenvalue weighted by molar-refractivity contribution is 5.11. The number of hydrogen-bond donors (Lipinski definition) is 2. The molecule has 13 heavy (non-hydrogen) atoms. The molecule has 0 spiro atoms. The molecule has 0 aromatic carbocycles. The van der Waals surface area contributed by atoms with Gasteiger partial charge in [-0.15, -0.1) is 0 Å². The molecular weight excluding hydrogens is 162 g/mol. The quantitative estimate of drug-likeness (QED) is 0.639. The molecule has 74 valence electrons. The second-order valence-corrected chi connectivity index (χ2v) is 5.72. The summed E-state index contributed by atoms with van der Waals surface area (Å²) in [5, 5.41) is 13.8. The van der Waals surface area contributed by atoms with Crippen molar-refractivity contribution in [3.05, 3.63) is 0 Å². The molecule has 4 fully saturated rings. The molecule has 2 heteroatoms. The van der Waals surface area contributed by atoms with Crippen molar-refractivity contribution in [2.24, 2.45) is 11.8 Å². The minimum atomic E-state index is -0.299. The van der Waals surface area contributed by atoms with Gasteiger partial charge in [-0.2, -0.15) is 0 Å². The number of hydrogen-bond acceptors (Lipinski definition) is 2. The second-order valence-electron chi connectivity index (χ2n) is 5.72. The largest absolute Gasteiger partial charge is 0.390 e. The molecular formula is C11H19NO. The van der Waals surface area contributed by atoms with Crippen LogP contribution in [0, 0.1) is 11.8 Å². The fourth-order valence-electron chi connectivity index (χ4n) is 4.51. The fourth-order valence-corrected chi connectivity index (χ4v) is 4.51. The third kappa shape index (κ3) is 1.08. The average Bonchev–Trinajstić information content (AvgIpc) is 1.99. The smallest absolute Gasteiger partial charge is 0.0670 e. The predicted molar refractivity (Wildman–Crippen MR) is 51.4 cm³/mol. The van der Waals surface area contributed by atoms with Gasteiger partial charge in [0.2, 0.25) is 0 Å². The first-order chi connectivity index (χ1) is 6.13. The van der Waals surface area contributed by atoms with Crippen LogP contribution in [0.3, 0.4) is 0 Å².